The predicted octanol–water partition coefficient (Wildman–Crippen LogP) is 6.27. The van der Waals surface area contributed by atoms with E-state index < -0.39 is 61.2 Å². The van der Waals surface area contributed by atoms with Crippen molar-refractivity contribution in [2.45, 2.75) is 4.90 Å². The van der Waals surface area contributed by atoms with Gasteiger partial charge in [-0.1, -0.05) is 18.2 Å². The van der Waals surface area contributed by atoms with E-state index in [9.17, 15) is 39.6 Å². The Bertz CT molecular complexity index is 2000. The fraction of sp³-hybridized carbons (Fsp3) is 0.0357. The third-order valence-electron chi connectivity index (χ3n) is 6.09. The van der Waals surface area contributed by atoms with Crippen LogP contribution in [0.25, 0.3) is 27.7 Å². The lowest BCUT2D eigenvalue weighted by Crippen LogP contribution is -2.19. The standard InChI is InChI=1S/C28H15F6NO5S/c1-39-21-9-5-15(14-3-2-4-17(29)11-14)13-20(21)35-19-8-7-18(12-16(19)6-10-22(35)36)41(37,38)40-28-26(33)24(31)23(30)25(32)27(28)34/h2-13H,1H3. The SMILES string of the molecule is COc1ccc(-c2cccc(F)c2)cc1-n1c(=O)ccc2cc(S(=O)(=O)Oc3c(F)c(F)c(F)c(F)c3F)ccc21. The molecule has 1 heterocycles. The first kappa shape index (κ1) is 27.8. The number of ether oxygens (including phenoxy) is 1. The topological polar surface area (TPSA) is 74.6 Å². The first-order valence-electron chi connectivity index (χ1n) is 11.5. The Kier molecular flexibility index (Phi) is 6.99. The first-order chi connectivity index (χ1) is 19.4. The molecule has 0 bridgehead atoms. The van der Waals surface area contributed by atoms with Crippen molar-refractivity contribution < 1.29 is 43.7 Å². The molecule has 0 atom stereocenters. The maximum Gasteiger partial charge on any atom is 0.339 e. The van der Waals surface area contributed by atoms with Crippen LogP contribution in [0.15, 0.2) is 82.5 Å². The molecule has 0 unspecified atom stereocenters. The molecule has 0 fully saturated rings. The zero-order valence-electron chi connectivity index (χ0n) is 20.6. The molecular weight excluding hydrogens is 576 g/mol. The minimum absolute atomic E-state index is 0.116. The van der Waals surface area contributed by atoms with E-state index in [2.05, 4.69) is 4.18 Å². The van der Waals surface area contributed by atoms with Gasteiger partial charge in [-0.15, -0.1) is 0 Å². The summed E-state index contributed by atoms with van der Waals surface area (Å²) in [6, 6.07) is 15.9. The molecular formula is C28H15F6NO5S. The van der Waals surface area contributed by atoms with Gasteiger partial charge in [-0.2, -0.15) is 17.2 Å². The molecule has 6 nitrogen and oxygen atoms in total. The molecule has 0 N–H and O–H groups in total. The highest BCUT2D eigenvalue weighted by Crippen LogP contribution is 2.34. The van der Waals surface area contributed by atoms with Gasteiger partial charge < -0.3 is 8.92 Å². The Morgan fingerprint density at radius 2 is 1.37 bits per heavy atom. The van der Waals surface area contributed by atoms with Gasteiger partial charge in [0.05, 0.1) is 18.3 Å². The van der Waals surface area contributed by atoms with Crippen molar-refractivity contribution in [2.24, 2.45) is 0 Å². The second kappa shape index (κ2) is 10.3. The summed E-state index contributed by atoms with van der Waals surface area (Å²) in [5, 5.41) is 0.116. The smallest absolute Gasteiger partial charge is 0.339 e. The van der Waals surface area contributed by atoms with Crippen LogP contribution < -0.4 is 14.5 Å². The maximum absolute atomic E-state index is 14.1. The van der Waals surface area contributed by atoms with Gasteiger partial charge >= 0.3 is 10.1 Å². The number of rotatable bonds is 6. The van der Waals surface area contributed by atoms with E-state index in [4.69, 9.17) is 4.74 Å². The highest BCUT2D eigenvalue weighted by atomic mass is 32.2. The number of hydrogen-bond donors (Lipinski definition) is 0. The Hall–Kier alpha value is -4.78. The van der Waals surface area contributed by atoms with Gasteiger partial charge in [0, 0.05) is 11.5 Å². The van der Waals surface area contributed by atoms with Gasteiger partial charge in [-0.3, -0.25) is 9.36 Å². The number of methoxy groups -OCH3 is 1. The van der Waals surface area contributed by atoms with Crippen LogP contribution in [-0.2, 0) is 10.1 Å². The molecule has 0 aliphatic rings. The van der Waals surface area contributed by atoms with Crippen LogP contribution in [0, 0.1) is 34.9 Å². The fourth-order valence-corrected chi connectivity index (χ4v) is 5.12. The average Bonchev–Trinajstić information content (AvgIpc) is 2.96. The van der Waals surface area contributed by atoms with Gasteiger partial charge in [0.15, 0.2) is 0 Å². The summed E-state index contributed by atoms with van der Waals surface area (Å²) in [4.78, 5) is 12.3. The lowest BCUT2D eigenvalue weighted by Gasteiger charge is -2.16. The number of fused-ring (bicyclic) bond motifs is 1. The van der Waals surface area contributed by atoms with Gasteiger partial charge in [0.2, 0.25) is 34.8 Å². The number of aromatic nitrogens is 1. The third kappa shape index (κ3) is 4.88. The van der Waals surface area contributed by atoms with Crippen LogP contribution in [0.1, 0.15) is 0 Å². The Morgan fingerprint density at radius 3 is 2.02 bits per heavy atom. The minimum Gasteiger partial charge on any atom is -0.495 e. The Morgan fingerprint density at radius 1 is 0.707 bits per heavy atom. The van der Waals surface area contributed by atoms with Crippen molar-refractivity contribution >= 4 is 21.0 Å². The molecule has 0 radical (unpaired) electrons. The number of pyridine rings is 1. The summed E-state index contributed by atoms with van der Waals surface area (Å²) in [7, 11) is -3.77. The van der Waals surface area contributed by atoms with Crippen LogP contribution in [0.2, 0.25) is 0 Å². The second-order valence-electron chi connectivity index (χ2n) is 8.56. The Balaban J connectivity index is 1.64. The van der Waals surface area contributed by atoms with Crippen LogP contribution in [0.3, 0.4) is 0 Å². The summed E-state index contributed by atoms with van der Waals surface area (Å²) in [6.45, 7) is 0. The van der Waals surface area contributed by atoms with E-state index in [0.29, 0.717) is 11.1 Å². The zero-order valence-corrected chi connectivity index (χ0v) is 21.4. The van der Waals surface area contributed by atoms with Crippen LogP contribution in [0.5, 0.6) is 11.5 Å². The molecule has 4 aromatic carbocycles. The largest absolute Gasteiger partial charge is 0.495 e. The number of nitrogens with zero attached hydrogens (tertiary/aromatic N) is 1. The van der Waals surface area contributed by atoms with Crippen molar-refractivity contribution in [2.75, 3.05) is 7.11 Å². The van der Waals surface area contributed by atoms with Gasteiger partial charge in [0.1, 0.15) is 16.5 Å². The molecule has 5 aromatic rings. The van der Waals surface area contributed by atoms with Gasteiger partial charge in [-0.25, -0.2) is 17.6 Å². The van der Waals surface area contributed by atoms with Crippen LogP contribution in [0.4, 0.5) is 26.3 Å². The summed E-state index contributed by atoms with van der Waals surface area (Å²) in [5.74, 6) is -14.4. The molecule has 1 aromatic heterocycles. The zero-order chi connectivity index (χ0) is 29.6. The van der Waals surface area contributed by atoms with Crippen LogP contribution >= 0.6 is 0 Å². The van der Waals surface area contributed by atoms with E-state index in [-0.39, 0.29) is 22.3 Å². The molecule has 0 amide bonds. The quantitative estimate of drug-likeness (QED) is 0.101. The minimum atomic E-state index is -5.13. The molecule has 0 saturated heterocycles. The van der Waals surface area contributed by atoms with Gasteiger partial charge in [0.25, 0.3) is 5.56 Å². The first-order valence-corrected chi connectivity index (χ1v) is 12.9. The van der Waals surface area contributed by atoms with Crippen LogP contribution in [-0.4, -0.2) is 20.1 Å². The van der Waals surface area contributed by atoms with E-state index in [1.165, 1.54) is 42.0 Å². The van der Waals surface area contributed by atoms with Crippen molar-refractivity contribution in [1.29, 1.82) is 0 Å². The van der Waals surface area contributed by atoms with E-state index >= 15 is 0 Å². The molecule has 41 heavy (non-hydrogen) atoms. The number of halogens is 6. The monoisotopic (exact) mass is 591 g/mol. The molecule has 0 aliphatic carbocycles. The molecule has 210 valence electrons. The summed E-state index contributed by atoms with van der Waals surface area (Å²) in [5.41, 5.74) is 0.849. The highest BCUT2D eigenvalue weighted by Gasteiger charge is 2.31. The van der Waals surface area contributed by atoms with Crippen molar-refractivity contribution in [1.82, 2.24) is 4.57 Å². The van der Waals surface area contributed by atoms with E-state index in [1.54, 1.807) is 24.3 Å². The summed E-state index contributed by atoms with van der Waals surface area (Å²) < 4.78 is 119. The molecule has 0 aliphatic heterocycles. The lowest BCUT2D eigenvalue weighted by atomic mass is 10.0. The molecule has 13 heteroatoms. The highest BCUT2D eigenvalue weighted by molar-refractivity contribution is 7.87. The summed E-state index contributed by atoms with van der Waals surface area (Å²) >= 11 is 0. The third-order valence-corrected chi connectivity index (χ3v) is 7.31. The van der Waals surface area contributed by atoms with Crippen molar-refractivity contribution in [3.05, 3.63) is 118 Å². The maximum atomic E-state index is 14.1. The molecule has 5 rings (SSSR count). The molecule has 0 spiro atoms. The number of hydrogen-bond acceptors (Lipinski definition) is 5. The van der Waals surface area contributed by atoms with E-state index in [0.717, 1.165) is 18.2 Å². The van der Waals surface area contributed by atoms with Gasteiger partial charge in [-0.05, 0) is 59.7 Å². The van der Waals surface area contributed by atoms with Crippen molar-refractivity contribution in [3.8, 4) is 28.3 Å². The predicted molar refractivity (Wildman–Crippen MR) is 136 cm³/mol. The Labute approximate surface area is 227 Å². The second-order valence-corrected chi connectivity index (χ2v) is 10.1. The average molecular weight is 591 g/mol. The number of benzene rings is 4. The lowest BCUT2D eigenvalue weighted by molar-refractivity contribution is 0.346. The fourth-order valence-electron chi connectivity index (χ4n) is 4.16. The molecule has 0 saturated carbocycles. The normalized spacial score (nSPS) is 11.6. The van der Waals surface area contributed by atoms with Crippen molar-refractivity contribution in [3.63, 3.8) is 0 Å². The van der Waals surface area contributed by atoms with E-state index in [1.807, 2.05) is 0 Å². The summed E-state index contributed by atoms with van der Waals surface area (Å²) in [6.07, 6.45) is 0.